The summed E-state index contributed by atoms with van der Waals surface area (Å²) in [7, 11) is 0. The molecule has 2 nitrogen and oxygen atoms in total. The molecule has 0 saturated heterocycles. The van der Waals surface area contributed by atoms with E-state index in [9.17, 15) is 5.11 Å². The fourth-order valence-corrected chi connectivity index (χ4v) is 2.80. The summed E-state index contributed by atoms with van der Waals surface area (Å²) in [5.74, 6) is 0.327. The Labute approximate surface area is 122 Å². The molecule has 0 bridgehead atoms. The Hall–Kier alpha value is -1.57. The molecule has 1 aliphatic rings. The van der Waals surface area contributed by atoms with Crippen molar-refractivity contribution in [1.82, 2.24) is 0 Å². The SMILES string of the molecule is CCCCCCCC1(Cc2ccc(O)cc2)C=CC=N1. The summed E-state index contributed by atoms with van der Waals surface area (Å²) in [5.41, 5.74) is 1.18. The van der Waals surface area contributed by atoms with Gasteiger partial charge in [-0.1, -0.05) is 57.2 Å². The smallest absolute Gasteiger partial charge is 0.115 e. The van der Waals surface area contributed by atoms with Crippen LogP contribution in [-0.4, -0.2) is 16.9 Å². The summed E-state index contributed by atoms with van der Waals surface area (Å²) in [4.78, 5) is 4.70. The summed E-state index contributed by atoms with van der Waals surface area (Å²) < 4.78 is 0. The first-order chi connectivity index (χ1) is 9.74. The number of aromatic hydroxyl groups is 1. The predicted molar refractivity (Wildman–Crippen MR) is 85.5 cm³/mol. The van der Waals surface area contributed by atoms with E-state index in [1.54, 1.807) is 12.1 Å². The van der Waals surface area contributed by atoms with Gasteiger partial charge in [0.15, 0.2) is 0 Å². The van der Waals surface area contributed by atoms with Crippen LogP contribution in [-0.2, 0) is 6.42 Å². The van der Waals surface area contributed by atoms with Crippen LogP contribution in [0.1, 0.15) is 51.0 Å². The molecule has 20 heavy (non-hydrogen) atoms. The summed E-state index contributed by atoms with van der Waals surface area (Å²) in [6.07, 6.45) is 14.8. The first-order valence-electron chi connectivity index (χ1n) is 7.75. The average molecular weight is 271 g/mol. The quantitative estimate of drug-likeness (QED) is 0.684. The van der Waals surface area contributed by atoms with Gasteiger partial charge in [-0.05, 0) is 30.2 Å². The molecule has 1 aliphatic heterocycles. The van der Waals surface area contributed by atoms with Crippen molar-refractivity contribution in [3.63, 3.8) is 0 Å². The zero-order chi connectivity index (χ0) is 14.3. The van der Waals surface area contributed by atoms with Crippen LogP contribution in [0.25, 0.3) is 0 Å². The molecule has 1 atom stereocenters. The van der Waals surface area contributed by atoms with Crippen LogP contribution in [0.2, 0.25) is 0 Å². The maximum Gasteiger partial charge on any atom is 0.115 e. The molecule has 1 N–H and O–H groups in total. The van der Waals surface area contributed by atoms with Gasteiger partial charge in [0.05, 0.1) is 5.54 Å². The molecule has 0 fully saturated rings. The number of allylic oxidation sites excluding steroid dienone is 1. The lowest BCUT2D eigenvalue weighted by molar-refractivity contribution is 0.456. The second-order valence-corrected chi connectivity index (χ2v) is 5.75. The molecule has 1 unspecified atom stereocenters. The van der Waals surface area contributed by atoms with E-state index in [4.69, 9.17) is 4.99 Å². The number of phenolic OH excluding ortho intramolecular Hbond substituents is 1. The van der Waals surface area contributed by atoms with Crippen molar-refractivity contribution in [1.29, 1.82) is 0 Å². The Balaban J connectivity index is 1.91. The molecule has 2 rings (SSSR count). The third-order valence-electron chi connectivity index (χ3n) is 3.98. The molecular weight excluding hydrogens is 246 g/mol. The van der Waals surface area contributed by atoms with E-state index in [1.807, 2.05) is 18.3 Å². The maximum atomic E-state index is 9.36. The zero-order valence-corrected chi connectivity index (χ0v) is 12.4. The van der Waals surface area contributed by atoms with Crippen molar-refractivity contribution in [2.75, 3.05) is 0 Å². The topological polar surface area (TPSA) is 32.6 Å². The highest BCUT2D eigenvalue weighted by Gasteiger charge is 2.27. The number of aliphatic imine (C=N–C) groups is 1. The fourth-order valence-electron chi connectivity index (χ4n) is 2.80. The van der Waals surface area contributed by atoms with Gasteiger partial charge < -0.3 is 5.11 Å². The number of hydrogen-bond donors (Lipinski definition) is 1. The summed E-state index contributed by atoms with van der Waals surface area (Å²) in [5, 5.41) is 9.36. The van der Waals surface area contributed by atoms with Crippen LogP contribution < -0.4 is 0 Å². The third-order valence-corrected chi connectivity index (χ3v) is 3.98. The van der Waals surface area contributed by atoms with E-state index in [0.29, 0.717) is 5.75 Å². The maximum absolute atomic E-state index is 9.36. The van der Waals surface area contributed by atoms with Crippen LogP contribution in [0, 0.1) is 0 Å². The first kappa shape index (κ1) is 14.8. The Morgan fingerprint density at radius 3 is 2.45 bits per heavy atom. The number of rotatable bonds is 8. The molecule has 2 heteroatoms. The van der Waals surface area contributed by atoms with Crippen molar-refractivity contribution in [3.8, 4) is 5.75 Å². The summed E-state index contributed by atoms with van der Waals surface area (Å²) in [6, 6.07) is 7.50. The first-order valence-corrected chi connectivity index (χ1v) is 7.75. The Kier molecular flexibility index (Phi) is 5.40. The van der Waals surface area contributed by atoms with E-state index in [2.05, 4.69) is 19.1 Å². The minimum Gasteiger partial charge on any atom is -0.508 e. The number of nitrogens with zero attached hydrogens (tertiary/aromatic N) is 1. The van der Waals surface area contributed by atoms with E-state index < -0.39 is 0 Å². The molecule has 108 valence electrons. The van der Waals surface area contributed by atoms with Crippen LogP contribution >= 0.6 is 0 Å². The monoisotopic (exact) mass is 271 g/mol. The van der Waals surface area contributed by atoms with Gasteiger partial charge in [-0.2, -0.15) is 0 Å². The lowest BCUT2D eigenvalue weighted by atomic mass is 9.86. The second kappa shape index (κ2) is 7.28. The zero-order valence-electron chi connectivity index (χ0n) is 12.4. The van der Waals surface area contributed by atoms with Crippen molar-refractivity contribution in [2.24, 2.45) is 4.99 Å². The van der Waals surface area contributed by atoms with Gasteiger partial charge in [0, 0.05) is 12.6 Å². The standard InChI is InChI=1S/C18H25NO/c1-2-3-4-5-6-12-18(13-7-14-19-18)15-16-8-10-17(20)11-9-16/h7-11,13-14,20H,2-6,12,15H2,1H3. The summed E-state index contributed by atoms with van der Waals surface area (Å²) in [6.45, 7) is 2.25. The van der Waals surface area contributed by atoms with Crippen molar-refractivity contribution >= 4 is 6.21 Å². The number of unbranched alkanes of at least 4 members (excludes halogenated alkanes) is 4. The van der Waals surface area contributed by atoms with Crippen LogP contribution in [0.5, 0.6) is 5.75 Å². The molecule has 1 heterocycles. The van der Waals surface area contributed by atoms with Crippen LogP contribution in [0.4, 0.5) is 0 Å². The average Bonchev–Trinajstić information content (AvgIpc) is 2.90. The summed E-state index contributed by atoms with van der Waals surface area (Å²) >= 11 is 0. The molecule has 1 aromatic carbocycles. The van der Waals surface area contributed by atoms with Gasteiger partial charge in [0.2, 0.25) is 0 Å². The van der Waals surface area contributed by atoms with Crippen LogP contribution in [0.15, 0.2) is 41.4 Å². The second-order valence-electron chi connectivity index (χ2n) is 5.75. The largest absolute Gasteiger partial charge is 0.508 e. The predicted octanol–water partition coefficient (Wildman–Crippen LogP) is 4.67. The Morgan fingerprint density at radius 2 is 1.80 bits per heavy atom. The highest BCUT2D eigenvalue weighted by Crippen LogP contribution is 2.29. The highest BCUT2D eigenvalue weighted by molar-refractivity contribution is 5.75. The molecule has 0 amide bonds. The van der Waals surface area contributed by atoms with Crippen molar-refractivity contribution in [2.45, 2.75) is 57.4 Å². The van der Waals surface area contributed by atoms with Crippen molar-refractivity contribution in [3.05, 3.63) is 42.0 Å². The van der Waals surface area contributed by atoms with Gasteiger partial charge in [0.1, 0.15) is 5.75 Å². The number of benzene rings is 1. The molecule has 0 saturated carbocycles. The Morgan fingerprint density at radius 1 is 1.05 bits per heavy atom. The third kappa shape index (κ3) is 4.22. The molecule has 0 aromatic heterocycles. The molecular formula is C18H25NO. The van der Waals surface area contributed by atoms with Crippen molar-refractivity contribution < 1.29 is 5.11 Å². The normalized spacial score (nSPS) is 20.6. The fraction of sp³-hybridized carbons (Fsp3) is 0.500. The molecule has 1 aromatic rings. The van der Waals surface area contributed by atoms with E-state index in [1.165, 1.54) is 37.7 Å². The van der Waals surface area contributed by atoms with Gasteiger partial charge in [0.25, 0.3) is 0 Å². The number of hydrogen-bond acceptors (Lipinski definition) is 2. The Bertz CT molecular complexity index is 447. The molecule has 0 aliphatic carbocycles. The van der Waals surface area contributed by atoms with Gasteiger partial charge >= 0.3 is 0 Å². The van der Waals surface area contributed by atoms with Gasteiger partial charge in [-0.25, -0.2) is 0 Å². The lowest BCUT2D eigenvalue weighted by Gasteiger charge is -2.24. The van der Waals surface area contributed by atoms with E-state index in [-0.39, 0.29) is 5.54 Å². The highest BCUT2D eigenvalue weighted by atomic mass is 16.3. The van der Waals surface area contributed by atoms with Crippen LogP contribution in [0.3, 0.4) is 0 Å². The molecule has 0 spiro atoms. The number of phenols is 1. The lowest BCUT2D eigenvalue weighted by Crippen LogP contribution is -2.25. The van der Waals surface area contributed by atoms with Gasteiger partial charge in [-0.3, -0.25) is 4.99 Å². The minimum atomic E-state index is -0.0524. The minimum absolute atomic E-state index is 0.0524. The molecule has 0 radical (unpaired) electrons. The van der Waals surface area contributed by atoms with E-state index >= 15 is 0 Å². The van der Waals surface area contributed by atoms with E-state index in [0.717, 1.165) is 12.8 Å². The van der Waals surface area contributed by atoms with Gasteiger partial charge in [-0.15, -0.1) is 0 Å².